The van der Waals surface area contributed by atoms with Gasteiger partial charge in [0, 0.05) is 5.39 Å². The van der Waals surface area contributed by atoms with Crippen LogP contribution in [0.3, 0.4) is 0 Å². The molecule has 0 amide bonds. The van der Waals surface area contributed by atoms with Crippen LogP contribution in [0.1, 0.15) is 11.1 Å². The normalized spacial score (nSPS) is 10.0. The molecule has 1 aromatic heterocycles. The zero-order valence-corrected chi connectivity index (χ0v) is 9.90. The summed E-state index contributed by atoms with van der Waals surface area (Å²) in [5.41, 5.74) is 0.644. The number of hydrogen-bond donors (Lipinski definition) is 0. The molecule has 1 heterocycles. The molecule has 0 aliphatic carbocycles. The zero-order valence-electron chi connectivity index (χ0n) is 9.90. The maximum atomic E-state index is 11.5. The number of nitrogens with zero attached hydrogens (tertiary/aromatic N) is 1. The van der Waals surface area contributed by atoms with Crippen LogP contribution < -0.4 is 10.4 Å². The summed E-state index contributed by atoms with van der Waals surface area (Å²) in [7, 11) is 0. The Morgan fingerprint density at radius 3 is 2.94 bits per heavy atom. The van der Waals surface area contributed by atoms with Crippen molar-refractivity contribution in [2.75, 3.05) is 6.61 Å². The van der Waals surface area contributed by atoms with Crippen molar-refractivity contribution >= 4 is 11.0 Å². The fraction of sp³-hybridized carbons (Fsp3) is 0.143. The van der Waals surface area contributed by atoms with E-state index in [0.29, 0.717) is 23.3 Å². The molecule has 4 nitrogen and oxygen atoms in total. The van der Waals surface area contributed by atoms with E-state index < -0.39 is 5.63 Å². The largest absolute Gasteiger partial charge is 0.486 e. The second-order valence-corrected chi connectivity index (χ2v) is 3.84. The fourth-order valence-corrected chi connectivity index (χ4v) is 1.68. The number of rotatable bonds is 3. The van der Waals surface area contributed by atoms with E-state index in [2.05, 4.69) is 6.58 Å². The molecule has 18 heavy (non-hydrogen) atoms. The summed E-state index contributed by atoms with van der Waals surface area (Å²) in [6.45, 7) is 5.78. The van der Waals surface area contributed by atoms with Crippen molar-refractivity contribution in [1.29, 1.82) is 5.26 Å². The topological polar surface area (TPSA) is 63.2 Å². The van der Waals surface area contributed by atoms with Gasteiger partial charge in [0.05, 0.1) is 0 Å². The number of fused-ring (bicyclic) bond motifs is 1. The van der Waals surface area contributed by atoms with Gasteiger partial charge >= 0.3 is 5.63 Å². The first kappa shape index (κ1) is 11.9. The minimum Gasteiger partial charge on any atom is -0.486 e. The average Bonchev–Trinajstić information content (AvgIpc) is 2.35. The molecule has 4 heteroatoms. The molecular weight excluding hydrogens is 230 g/mol. The first-order valence-corrected chi connectivity index (χ1v) is 5.38. The summed E-state index contributed by atoms with van der Waals surface area (Å²) in [4.78, 5) is 11.5. The average molecular weight is 241 g/mol. The molecule has 0 aliphatic rings. The zero-order chi connectivity index (χ0) is 13.1. The van der Waals surface area contributed by atoms with Gasteiger partial charge in [0.15, 0.2) is 11.3 Å². The Balaban J connectivity index is 2.72. The predicted octanol–water partition coefficient (Wildman–Crippen LogP) is 2.54. The van der Waals surface area contributed by atoms with E-state index in [4.69, 9.17) is 14.4 Å². The van der Waals surface area contributed by atoms with Crippen LogP contribution in [0.2, 0.25) is 0 Å². The number of benzene rings is 1. The molecule has 90 valence electrons. The summed E-state index contributed by atoms with van der Waals surface area (Å²) in [6.07, 6.45) is 1.61. The highest BCUT2D eigenvalue weighted by molar-refractivity contribution is 5.84. The third-order valence-corrected chi connectivity index (χ3v) is 2.42. The molecule has 1 aromatic carbocycles. The Morgan fingerprint density at radius 2 is 2.28 bits per heavy atom. The molecule has 0 fully saturated rings. The van der Waals surface area contributed by atoms with Gasteiger partial charge in [-0.2, -0.15) is 5.26 Å². The molecule has 2 aromatic rings. The Kier molecular flexibility index (Phi) is 3.16. The lowest BCUT2D eigenvalue weighted by molar-refractivity contribution is 0.358. The van der Waals surface area contributed by atoms with E-state index in [1.165, 1.54) is 6.07 Å². The molecule has 0 atom stereocenters. The Hall–Kier alpha value is -2.54. The lowest BCUT2D eigenvalue weighted by Gasteiger charge is -2.07. The van der Waals surface area contributed by atoms with Crippen molar-refractivity contribution in [2.24, 2.45) is 0 Å². The van der Waals surface area contributed by atoms with Crippen LogP contribution in [-0.4, -0.2) is 6.61 Å². The molecule has 0 aliphatic heterocycles. The standard InChI is InChI=1S/C14H11NO3/c1-3-4-17-12-6-9(2)5-10-7-11(8-15)14(16)18-13(10)12/h3,5-7H,1,4H2,2H3. The van der Waals surface area contributed by atoms with Crippen LogP contribution in [-0.2, 0) is 0 Å². The lowest BCUT2D eigenvalue weighted by Crippen LogP contribution is -2.04. The summed E-state index contributed by atoms with van der Waals surface area (Å²) in [5.74, 6) is 0.478. The van der Waals surface area contributed by atoms with Gasteiger partial charge in [0.1, 0.15) is 18.2 Å². The van der Waals surface area contributed by atoms with Crippen molar-refractivity contribution in [1.82, 2.24) is 0 Å². The first-order valence-electron chi connectivity index (χ1n) is 5.38. The minimum absolute atomic E-state index is 0.0113. The van der Waals surface area contributed by atoms with Crippen LogP contribution in [0.25, 0.3) is 11.0 Å². The fourth-order valence-electron chi connectivity index (χ4n) is 1.68. The predicted molar refractivity (Wildman–Crippen MR) is 67.6 cm³/mol. The smallest absolute Gasteiger partial charge is 0.354 e. The molecule has 0 N–H and O–H groups in total. The van der Waals surface area contributed by atoms with Crippen molar-refractivity contribution in [2.45, 2.75) is 6.92 Å². The maximum absolute atomic E-state index is 11.5. The highest BCUT2D eigenvalue weighted by atomic mass is 16.5. The molecule has 0 radical (unpaired) electrons. The lowest BCUT2D eigenvalue weighted by atomic mass is 10.1. The van der Waals surface area contributed by atoms with Crippen LogP contribution in [0.4, 0.5) is 0 Å². The summed E-state index contributed by atoms with van der Waals surface area (Å²) in [5, 5.41) is 9.47. The van der Waals surface area contributed by atoms with Crippen molar-refractivity contribution < 1.29 is 9.15 Å². The Bertz CT molecular complexity index is 707. The number of ether oxygens (including phenoxy) is 1. The summed E-state index contributed by atoms with van der Waals surface area (Å²) < 4.78 is 10.6. The van der Waals surface area contributed by atoms with E-state index in [1.807, 2.05) is 13.0 Å². The minimum atomic E-state index is -0.655. The molecule has 0 spiro atoms. The second kappa shape index (κ2) is 4.76. The van der Waals surface area contributed by atoms with Gasteiger partial charge < -0.3 is 9.15 Å². The summed E-state index contributed by atoms with van der Waals surface area (Å²) in [6, 6.07) is 6.93. The van der Waals surface area contributed by atoms with Gasteiger partial charge in [-0.1, -0.05) is 12.7 Å². The van der Waals surface area contributed by atoms with Crippen LogP contribution in [0, 0.1) is 18.3 Å². The summed E-state index contributed by atoms with van der Waals surface area (Å²) >= 11 is 0. The van der Waals surface area contributed by atoms with Gasteiger partial charge in [0.25, 0.3) is 0 Å². The van der Waals surface area contributed by atoms with Gasteiger partial charge in [-0.05, 0) is 30.7 Å². The highest BCUT2D eigenvalue weighted by Gasteiger charge is 2.10. The van der Waals surface area contributed by atoms with Crippen molar-refractivity contribution in [3.05, 3.63) is 52.4 Å². The van der Waals surface area contributed by atoms with E-state index in [0.717, 1.165) is 5.56 Å². The van der Waals surface area contributed by atoms with Gasteiger partial charge in [-0.25, -0.2) is 4.79 Å². The first-order chi connectivity index (χ1) is 8.65. The molecular formula is C14H11NO3. The monoisotopic (exact) mass is 241 g/mol. The number of hydrogen-bond acceptors (Lipinski definition) is 4. The highest BCUT2D eigenvalue weighted by Crippen LogP contribution is 2.27. The quantitative estimate of drug-likeness (QED) is 0.612. The number of aryl methyl sites for hydroxylation is 1. The van der Waals surface area contributed by atoms with E-state index >= 15 is 0 Å². The van der Waals surface area contributed by atoms with Crippen molar-refractivity contribution in [3.63, 3.8) is 0 Å². The van der Waals surface area contributed by atoms with E-state index in [-0.39, 0.29) is 5.56 Å². The van der Waals surface area contributed by atoms with Crippen molar-refractivity contribution in [3.8, 4) is 11.8 Å². The molecule has 0 bridgehead atoms. The van der Waals surface area contributed by atoms with E-state index in [1.54, 1.807) is 18.2 Å². The third kappa shape index (κ3) is 2.11. The number of nitriles is 1. The Morgan fingerprint density at radius 1 is 1.50 bits per heavy atom. The molecule has 0 unspecified atom stereocenters. The van der Waals surface area contributed by atoms with Crippen LogP contribution >= 0.6 is 0 Å². The molecule has 0 saturated carbocycles. The van der Waals surface area contributed by atoms with Crippen LogP contribution in [0.15, 0.2) is 40.1 Å². The Labute approximate surface area is 104 Å². The molecule has 0 saturated heterocycles. The van der Waals surface area contributed by atoms with Gasteiger partial charge in [-0.15, -0.1) is 0 Å². The maximum Gasteiger partial charge on any atom is 0.354 e. The second-order valence-electron chi connectivity index (χ2n) is 3.84. The van der Waals surface area contributed by atoms with Gasteiger partial charge in [0.2, 0.25) is 0 Å². The molecule has 2 rings (SSSR count). The van der Waals surface area contributed by atoms with E-state index in [9.17, 15) is 4.79 Å². The third-order valence-electron chi connectivity index (χ3n) is 2.42. The van der Waals surface area contributed by atoms with Crippen LogP contribution in [0.5, 0.6) is 5.75 Å². The SMILES string of the molecule is C=CCOc1cc(C)cc2cc(C#N)c(=O)oc12. The van der Waals surface area contributed by atoms with Gasteiger partial charge in [-0.3, -0.25) is 0 Å².